The van der Waals surface area contributed by atoms with Crippen molar-refractivity contribution in [3.05, 3.63) is 0 Å². The van der Waals surface area contributed by atoms with Gasteiger partial charge in [-0.1, -0.05) is 6.92 Å². The smallest absolute Gasteiger partial charge is 0.0653 e. The second kappa shape index (κ2) is 4.92. The van der Waals surface area contributed by atoms with Crippen LogP contribution in [-0.4, -0.2) is 13.2 Å². The topological polar surface area (TPSA) is 21.3 Å². The number of nitrogens with one attached hydrogen (secondary N) is 1. The van der Waals surface area contributed by atoms with Gasteiger partial charge in [0.15, 0.2) is 0 Å². The van der Waals surface area contributed by atoms with Gasteiger partial charge in [0.05, 0.1) is 6.61 Å². The molecule has 0 radical (unpaired) electrons. The molecule has 0 heterocycles. The largest absolute Gasteiger partial charge is 0.302 e. The van der Waals surface area contributed by atoms with Crippen molar-refractivity contribution in [2.45, 2.75) is 13.8 Å². The van der Waals surface area contributed by atoms with E-state index >= 15 is 0 Å². The number of hydroxylamine groups is 1. The molecule has 0 saturated heterocycles. The lowest BCUT2D eigenvalue weighted by atomic mass is 10.8. The van der Waals surface area contributed by atoms with E-state index in [4.69, 9.17) is 4.84 Å². The van der Waals surface area contributed by atoms with Gasteiger partial charge in [-0.25, -0.2) is 5.48 Å². The number of hydrogen-bond acceptors (Lipinski definition) is 2. The summed E-state index contributed by atoms with van der Waals surface area (Å²) >= 11 is 0. The molecule has 0 spiro atoms. The Morgan fingerprint density at radius 2 is 2.17 bits per heavy atom. The molecule has 6 heavy (non-hydrogen) atoms. The van der Waals surface area contributed by atoms with Gasteiger partial charge in [0.1, 0.15) is 0 Å². The molecule has 2 nitrogen and oxygen atoms in total. The Balaban J connectivity index is 2.34. The van der Waals surface area contributed by atoms with Crippen molar-refractivity contribution < 1.29 is 4.84 Å². The van der Waals surface area contributed by atoms with Gasteiger partial charge in [0, 0.05) is 6.54 Å². The zero-order chi connectivity index (χ0) is 4.83. The fourth-order valence-electron chi connectivity index (χ4n) is 0.204. The number of hydrogen-bond donors (Lipinski definition) is 1. The van der Waals surface area contributed by atoms with Crippen LogP contribution in [0, 0.1) is 0 Å². The Bertz CT molecular complexity index is 19.5. The first-order valence-electron chi connectivity index (χ1n) is 2.26. The van der Waals surface area contributed by atoms with Crippen LogP contribution in [0.5, 0.6) is 0 Å². The molecule has 0 amide bonds. The van der Waals surface area contributed by atoms with Crippen LogP contribution in [0.1, 0.15) is 13.8 Å². The molecule has 0 saturated carbocycles. The molecule has 0 aliphatic carbocycles. The van der Waals surface area contributed by atoms with Crippen LogP contribution in [0.4, 0.5) is 0 Å². The van der Waals surface area contributed by atoms with Gasteiger partial charge in [-0.15, -0.1) is 0 Å². The molecule has 0 atom stereocenters. The second-order valence-electron chi connectivity index (χ2n) is 0.931. The zero-order valence-corrected chi connectivity index (χ0v) is 4.32. The first-order chi connectivity index (χ1) is 2.91. The van der Waals surface area contributed by atoms with Crippen LogP contribution in [-0.2, 0) is 4.84 Å². The first kappa shape index (κ1) is 5.92. The molecular formula is C4H11NO. The fraction of sp³-hybridized carbons (Fsp3) is 1.00. The molecule has 0 fully saturated rings. The minimum Gasteiger partial charge on any atom is -0.302 e. The minimum absolute atomic E-state index is 0.744. The summed E-state index contributed by atoms with van der Waals surface area (Å²) in [4.78, 5) is 4.73. The van der Waals surface area contributed by atoms with Crippen molar-refractivity contribution in [1.29, 1.82) is 0 Å². The van der Waals surface area contributed by atoms with E-state index in [0.717, 1.165) is 13.2 Å². The molecule has 0 unspecified atom stereocenters. The van der Waals surface area contributed by atoms with E-state index in [0.29, 0.717) is 0 Å². The Kier molecular flexibility index (Phi) is 4.85. The monoisotopic (exact) mass is 89.1 g/mol. The third-order valence-electron chi connectivity index (χ3n) is 0.391. The van der Waals surface area contributed by atoms with E-state index in [-0.39, 0.29) is 0 Å². The van der Waals surface area contributed by atoms with Crippen molar-refractivity contribution in [3.63, 3.8) is 0 Å². The normalized spacial score (nSPS) is 9.00. The van der Waals surface area contributed by atoms with Crippen LogP contribution in [0.15, 0.2) is 0 Å². The lowest BCUT2D eigenvalue weighted by Gasteiger charge is -1.94. The first-order valence-corrected chi connectivity index (χ1v) is 2.26. The van der Waals surface area contributed by atoms with E-state index in [1.54, 1.807) is 0 Å². The highest BCUT2D eigenvalue weighted by Gasteiger charge is 1.69. The van der Waals surface area contributed by atoms with E-state index < -0.39 is 0 Å². The summed E-state index contributed by atoms with van der Waals surface area (Å²) in [6.45, 7) is 5.57. The molecule has 0 bridgehead atoms. The Labute approximate surface area is 38.5 Å². The van der Waals surface area contributed by atoms with Crippen LogP contribution >= 0.6 is 0 Å². The molecular weight excluding hydrogens is 78.0 g/mol. The Morgan fingerprint density at radius 1 is 1.50 bits per heavy atom. The highest BCUT2D eigenvalue weighted by atomic mass is 16.6. The second-order valence-corrected chi connectivity index (χ2v) is 0.931. The molecule has 0 rings (SSSR count). The molecule has 0 aromatic carbocycles. The summed E-state index contributed by atoms with van der Waals surface area (Å²) in [5, 5.41) is 0. The maximum Gasteiger partial charge on any atom is 0.0653 e. The molecule has 0 aliphatic heterocycles. The SMILES string of the molecule is CCNOCC. The van der Waals surface area contributed by atoms with Gasteiger partial charge in [-0.2, -0.15) is 0 Å². The summed E-state index contributed by atoms with van der Waals surface area (Å²) in [6.07, 6.45) is 0. The van der Waals surface area contributed by atoms with Gasteiger partial charge in [0.2, 0.25) is 0 Å². The van der Waals surface area contributed by atoms with E-state index in [1.807, 2.05) is 13.8 Å². The van der Waals surface area contributed by atoms with E-state index in [1.165, 1.54) is 0 Å². The zero-order valence-electron chi connectivity index (χ0n) is 4.32. The van der Waals surface area contributed by atoms with E-state index in [9.17, 15) is 0 Å². The van der Waals surface area contributed by atoms with Crippen LogP contribution in [0.2, 0.25) is 0 Å². The van der Waals surface area contributed by atoms with Crippen LogP contribution in [0.3, 0.4) is 0 Å². The average Bonchev–Trinajstić information content (AvgIpc) is 1.61. The Morgan fingerprint density at radius 3 is 2.33 bits per heavy atom. The predicted octanol–water partition coefficient (Wildman–Crippen LogP) is 0.547. The third-order valence-corrected chi connectivity index (χ3v) is 0.391. The summed E-state index contributed by atoms with van der Waals surface area (Å²) in [5.41, 5.74) is 2.70. The highest BCUT2D eigenvalue weighted by Crippen LogP contribution is 1.58. The third kappa shape index (κ3) is 3.92. The van der Waals surface area contributed by atoms with Gasteiger partial charge in [-0.3, -0.25) is 0 Å². The summed E-state index contributed by atoms with van der Waals surface area (Å²) in [5.74, 6) is 0. The Hall–Kier alpha value is -0.0800. The molecule has 0 aliphatic rings. The summed E-state index contributed by atoms with van der Waals surface area (Å²) in [7, 11) is 0. The highest BCUT2D eigenvalue weighted by molar-refractivity contribution is 4.12. The summed E-state index contributed by atoms with van der Waals surface area (Å²) in [6, 6.07) is 0. The molecule has 38 valence electrons. The molecule has 1 N–H and O–H groups in total. The fourth-order valence-corrected chi connectivity index (χ4v) is 0.204. The molecule has 0 aromatic rings. The lowest BCUT2D eigenvalue weighted by Crippen LogP contribution is -2.12. The van der Waals surface area contributed by atoms with Gasteiger partial charge < -0.3 is 4.84 Å². The van der Waals surface area contributed by atoms with Gasteiger partial charge >= 0.3 is 0 Å². The van der Waals surface area contributed by atoms with Crippen LogP contribution < -0.4 is 5.48 Å². The van der Waals surface area contributed by atoms with Crippen LogP contribution in [0.25, 0.3) is 0 Å². The van der Waals surface area contributed by atoms with E-state index in [2.05, 4.69) is 5.48 Å². The van der Waals surface area contributed by atoms with Gasteiger partial charge in [-0.05, 0) is 6.92 Å². The molecule has 2 heteroatoms. The lowest BCUT2D eigenvalue weighted by molar-refractivity contribution is 0.0547. The minimum atomic E-state index is 0.744. The summed E-state index contributed by atoms with van der Waals surface area (Å²) < 4.78 is 0. The van der Waals surface area contributed by atoms with Gasteiger partial charge in [0.25, 0.3) is 0 Å². The van der Waals surface area contributed by atoms with Crippen molar-refractivity contribution >= 4 is 0 Å². The number of rotatable bonds is 3. The maximum absolute atomic E-state index is 4.73. The van der Waals surface area contributed by atoms with Crippen molar-refractivity contribution in [3.8, 4) is 0 Å². The van der Waals surface area contributed by atoms with Crippen molar-refractivity contribution in [2.75, 3.05) is 13.2 Å². The van der Waals surface area contributed by atoms with Crippen molar-refractivity contribution in [1.82, 2.24) is 5.48 Å². The molecule has 0 aromatic heterocycles. The standard InChI is InChI=1S/C4H11NO/c1-3-5-6-4-2/h5H,3-4H2,1-2H3. The predicted molar refractivity (Wildman–Crippen MR) is 25.3 cm³/mol. The quantitative estimate of drug-likeness (QED) is 0.402. The van der Waals surface area contributed by atoms with Crippen molar-refractivity contribution in [2.24, 2.45) is 0 Å². The maximum atomic E-state index is 4.73. The average molecular weight is 89.1 g/mol.